The number of alkyl halides is 3. The van der Waals surface area contributed by atoms with Gasteiger partial charge in [-0.2, -0.15) is 13.2 Å². The Bertz CT molecular complexity index is 352. The third-order valence-corrected chi connectivity index (χ3v) is 2.27. The smallest absolute Gasteiger partial charge is 0.392 e. The zero-order valence-corrected chi connectivity index (χ0v) is 9.63. The van der Waals surface area contributed by atoms with E-state index in [0.29, 0.717) is 6.42 Å². The molecule has 0 radical (unpaired) electrons. The Morgan fingerprint density at radius 1 is 1.12 bits per heavy atom. The van der Waals surface area contributed by atoms with Gasteiger partial charge in [-0.3, -0.25) is 0 Å². The maximum atomic E-state index is 11.8. The molecular weight excluding hydrogens is 229 g/mol. The van der Waals surface area contributed by atoms with Crippen LogP contribution in [-0.4, -0.2) is 13.3 Å². The van der Waals surface area contributed by atoms with E-state index in [1.165, 1.54) is 6.08 Å². The Morgan fingerprint density at radius 3 is 2.29 bits per heavy atom. The van der Waals surface area contributed by atoms with Crippen molar-refractivity contribution in [1.29, 1.82) is 0 Å². The minimum absolute atomic E-state index is 0.614. The van der Waals surface area contributed by atoms with Gasteiger partial charge in [0.25, 0.3) is 0 Å². The normalized spacial score (nSPS) is 12.0. The first-order valence-corrected chi connectivity index (χ1v) is 5.36. The number of methoxy groups -OCH3 is 1. The molecule has 0 bridgehead atoms. The molecule has 0 atom stereocenters. The van der Waals surface area contributed by atoms with Crippen LogP contribution in [0.15, 0.2) is 36.4 Å². The highest BCUT2D eigenvalue weighted by Gasteiger charge is 2.24. The molecular formula is C13H15F3O. The Balaban J connectivity index is 2.30. The van der Waals surface area contributed by atoms with Crippen LogP contribution in [0.4, 0.5) is 13.2 Å². The van der Waals surface area contributed by atoms with Gasteiger partial charge in [0.15, 0.2) is 0 Å². The zero-order chi connectivity index (χ0) is 12.7. The lowest BCUT2D eigenvalue weighted by Gasteiger charge is -2.02. The van der Waals surface area contributed by atoms with Crippen LogP contribution in [0.1, 0.15) is 18.4 Å². The van der Waals surface area contributed by atoms with E-state index in [9.17, 15) is 13.2 Å². The topological polar surface area (TPSA) is 9.23 Å². The number of aryl methyl sites for hydroxylation is 1. The molecule has 0 aliphatic rings. The molecule has 0 amide bonds. The van der Waals surface area contributed by atoms with Gasteiger partial charge in [0.2, 0.25) is 0 Å². The maximum Gasteiger partial charge on any atom is 0.392 e. The fraction of sp³-hybridized carbons (Fsp3) is 0.385. The number of hydrogen-bond acceptors (Lipinski definition) is 1. The molecule has 0 heterocycles. The molecule has 4 heteroatoms. The number of hydrogen-bond donors (Lipinski definition) is 0. The van der Waals surface area contributed by atoms with Gasteiger partial charge in [-0.05, 0) is 30.5 Å². The van der Waals surface area contributed by atoms with Crippen molar-refractivity contribution in [1.82, 2.24) is 0 Å². The number of ether oxygens (including phenoxy) is 1. The summed E-state index contributed by atoms with van der Waals surface area (Å²) in [4.78, 5) is 0. The Labute approximate surface area is 98.9 Å². The highest BCUT2D eigenvalue weighted by molar-refractivity contribution is 5.27. The van der Waals surface area contributed by atoms with Crippen molar-refractivity contribution in [3.63, 3.8) is 0 Å². The van der Waals surface area contributed by atoms with Crippen molar-refractivity contribution in [2.75, 3.05) is 7.11 Å². The summed E-state index contributed by atoms with van der Waals surface area (Å²) in [7, 11) is 1.59. The van der Waals surface area contributed by atoms with Crippen molar-refractivity contribution in [3.8, 4) is 5.75 Å². The van der Waals surface area contributed by atoms with Crippen LogP contribution in [-0.2, 0) is 6.42 Å². The van der Waals surface area contributed by atoms with Gasteiger partial charge < -0.3 is 4.74 Å². The first-order chi connectivity index (χ1) is 8.01. The van der Waals surface area contributed by atoms with E-state index in [4.69, 9.17) is 4.74 Å². The van der Waals surface area contributed by atoms with Crippen LogP contribution in [0.25, 0.3) is 0 Å². The van der Waals surface area contributed by atoms with E-state index < -0.39 is 12.6 Å². The highest BCUT2D eigenvalue weighted by Crippen LogP contribution is 2.20. The zero-order valence-electron chi connectivity index (χ0n) is 9.63. The molecule has 0 aromatic heterocycles. The number of benzene rings is 1. The number of rotatable bonds is 5. The van der Waals surface area contributed by atoms with Crippen LogP contribution in [0.5, 0.6) is 5.75 Å². The lowest BCUT2D eigenvalue weighted by Crippen LogP contribution is -2.03. The van der Waals surface area contributed by atoms with Gasteiger partial charge in [-0.1, -0.05) is 24.3 Å². The average Bonchev–Trinajstić information content (AvgIpc) is 2.28. The van der Waals surface area contributed by atoms with E-state index in [1.807, 2.05) is 24.3 Å². The summed E-state index contributed by atoms with van der Waals surface area (Å²) in [5.74, 6) is 0.779. The minimum atomic E-state index is -4.10. The molecule has 0 unspecified atom stereocenters. The minimum Gasteiger partial charge on any atom is -0.497 e. The summed E-state index contributed by atoms with van der Waals surface area (Å²) in [5, 5.41) is 0. The summed E-state index contributed by atoms with van der Waals surface area (Å²) in [6.07, 6.45) is -0.867. The van der Waals surface area contributed by atoms with E-state index in [-0.39, 0.29) is 0 Å². The van der Waals surface area contributed by atoms with Gasteiger partial charge in [0, 0.05) is 0 Å². The van der Waals surface area contributed by atoms with Crippen LogP contribution in [0, 0.1) is 0 Å². The molecule has 1 nitrogen and oxygen atoms in total. The first-order valence-electron chi connectivity index (χ1n) is 5.36. The van der Waals surface area contributed by atoms with Gasteiger partial charge in [0.1, 0.15) is 5.75 Å². The Morgan fingerprint density at radius 2 is 1.76 bits per heavy atom. The van der Waals surface area contributed by atoms with E-state index in [2.05, 4.69) is 0 Å². The molecule has 1 aromatic rings. The summed E-state index contributed by atoms with van der Waals surface area (Å²) >= 11 is 0. The first kappa shape index (κ1) is 13.6. The van der Waals surface area contributed by atoms with Crippen molar-refractivity contribution in [2.24, 2.45) is 0 Å². The molecule has 0 N–H and O–H groups in total. The molecule has 17 heavy (non-hydrogen) atoms. The van der Waals surface area contributed by atoms with Gasteiger partial charge in [-0.25, -0.2) is 0 Å². The largest absolute Gasteiger partial charge is 0.497 e. The van der Waals surface area contributed by atoms with Crippen LogP contribution in [0.2, 0.25) is 0 Å². The quantitative estimate of drug-likeness (QED) is 0.707. The van der Waals surface area contributed by atoms with Crippen LogP contribution < -0.4 is 4.74 Å². The lowest BCUT2D eigenvalue weighted by molar-refractivity contribution is -0.125. The van der Waals surface area contributed by atoms with Crippen LogP contribution >= 0.6 is 0 Å². The second-order valence-corrected chi connectivity index (χ2v) is 3.68. The monoisotopic (exact) mass is 244 g/mol. The summed E-state index contributed by atoms with van der Waals surface area (Å²) < 4.78 is 40.5. The Kier molecular flexibility index (Phi) is 5.07. The molecule has 0 aliphatic heterocycles. The van der Waals surface area contributed by atoms with Gasteiger partial charge in [-0.15, -0.1) is 0 Å². The van der Waals surface area contributed by atoms with Crippen molar-refractivity contribution in [2.45, 2.75) is 25.4 Å². The predicted octanol–water partition coefficient (Wildman–Crippen LogP) is 4.14. The molecule has 0 fully saturated rings. The fourth-order valence-corrected chi connectivity index (χ4v) is 1.38. The fourth-order valence-electron chi connectivity index (χ4n) is 1.38. The second kappa shape index (κ2) is 6.33. The third kappa shape index (κ3) is 6.00. The lowest BCUT2D eigenvalue weighted by atomic mass is 10.1. The Hall–Kier alpha value is -1.45. The molecule has 1 rings (SSSR count). The van der Waals surface area contributed by atoms with Crippen molar-refractivity contribution >= 4 is 0 Å². The van der Waals surface area contributed by atoms with E-state index >= 15 is 0 Å². The molecule has 0 saturated carbocycles. The van der Waals surface area contributed by atoms with E-state index in [1.54, 1.807) is 13.2 Å². The molecule has 94 valence electrons. The summed E-state index contributed by atoms with van der Waals surface area (Å²) in [6.45, 7) is 0. The molecule has 0 spiro atoms. The van der Waals surface area contributed by atoms with Gasteiger partial charge >= 0.3 is 6.18 Å². The maximum absolute atomic E-state index is 11.8. The van der Waals surface area contributed by atoms with Crippen molar-refractivity contribution in [3.05, 3.63) is 42.0 Å². The molecule has 0 saturated heterocycles. The SMILES string of the molecule is COc1ccc(CC/C=C/CC(F)(F)F)cc1. The van der Waals surface area contributed by atoms with Gasteiger partial charge in [0.05, 0.1) is 13.5 Å². The molecule has 1 aromatic carbocycles. The number of halogens is 3. The highest BCUT2D eigenvalue weighted by atomic mass is 19.4. The standard InChI is InChI=1S/C13H15F3O/c1-17-12-8-6-11(7-9-12)5-3-2-4-10-13(14,15)16/h2,4,6-9H,3,5,10H2,1H3/b4-2+. The summed E-state index contributed by atoms with van der Waals surface area (Å²) in [5.41, 5.74) is 1.09. The number of allylic oxidation sites excluding steroid dienone is 2. The third-order valence-electron chi connectivity index (χ3n) is 2.27. The molecule has 0 aliphatic carbocycles. The van der Waals surface area contributed by atoms with Crippen molar-refractivity contribution < 1.29 is 17.9 Å². The van der Waals surface area contributed by atoms with Crippen LogP contribution in [0.3, 0.4) is 0 Å². The average molecular weight is 244 g/mol. The second-order valence-electron chi connectivity index (χ2n) is 3.68. The van der Waals surface area contributed by atoms with E-state index in [0.717, 1.165) is 17.7 Å². The summed E-state index contributed by atoms with van der Waals surface area (Å²) in [6, 6.07) is 7.51. The predicted molar refractivity (Wildman–Crippen MR) is 61.1 cm³/mol.